The normalized spacial score (nSPS) is 27.8. The van der Waals surface area contributed by atoms with Crippen LogP contribution in [-0.4, -0.2) is 39.2 Å². The van der Waals surface area contributed by atoms with Crippen LogP contribution in [0.1, 0.15) is 56.3 Å². The SMILES string of the molecule is Cc1ccc(C)n1CCCC(=O)N1CC[C@]2(O)CCCC[C@@H]2C1. The van der Waals surface area contributed by atoms with Crippen molar-refractivity contribution in [1.29, 1.82) is 0 Å². The van der Waals surface area contributed by atoms with Crippen molar-refractivity contribution in [2.45, 2.75) is 70.9 Å². The second-order valence-corrected chi connectivity index (χ2v) is 7.51. The molecule has 3 rings (SSSR count). The zero-order valence-corrected chi connectivity index (χ0v) is 14.6. The molecule has 1 amide bonds. The molecule has 4 nitrogen and oxygen atoms in total. The van der Waals surface area contributed by atoms with Gasteiger partial charge in [-0.15, -0.1) is 0 Å². The first-order valence-electron chi connectivity index (χ1n) is 9.12. The summed E-state index contributed by atoms with van der Waals surface area (Å²) in [6, 6.07) is 4.26. The summed E-state index contributed by atoms with van der Waals surface area (Å²) in [6.07, 6.45) is 6.59. The predicted octanol–water partition coefficient (Wildman–Crippen LogP) is 3.04. The lowest BCUT2D eigenvalue weighted by Crippen LogP contribution is -2.54. The Morgan fingerprint density at radius 2 is 2.00 bits per heavy atom. The molecule has 1 saturated carbocycles. The maximum absolute atomic E-state index is 12.5. The molecule has 2 atom stereocenters. The van der Waals surface area contributed by atoms with E-state index in [1.165, 1.54) is 17.8 Å². The number of aromatic nitrogens is 1. The van der Waals surface area contributed by atoms with E-state index in [1.54, 1.807) is 0 Å². The predicted molar refractivity (Wildman–Crippen MR) is 91.2 cm³/mol. The van der Waals surface area contributed by atoms with Gasteiger partial charge in [-0.25, -0.2) is 0 Å². The van der Waals surface area contributed by atoms with Crippen molar-refractivity contribution in [3.63, 3.8) is 0 Å². The molecular formula is C19H30N2O2. The Morgan fingerprint density at radius 1 is 1.26 bits per heavy atom. The Kier molecular flexibility index (Phi) is 4.81. The first-order chi connectivity index (χ1) is 11.0. The van der Waals surface area contributed by atoms with Crippen LogP contribution in [0, 0.1) is 19.8 Å². The van der Waals surface area contributed by atoms with E-state index < -0.39 is 5.60 Å². The summed E-state index contributed by atoms with van der Waals surface area (Å²) < 4.78 is 2.28. The zero-order valence-electron chi connectivity index (χ0n) is 14.6. The third-order valence-electron chi connectivity index (χ3n) is 5.97. The van der Waals surface area contributed by atoms with Crippen LogP contribution in [0.25, 0.3) is 0 Å². The molecule has 0 radical (unpaired) electrons. The van der Waals surface area contributed by atoms with Gasteiger partial charge in [0.05, 0.1) is 5.60 Å². The summed E-state index contributed by atoms with van der Waals surface area (Å²) >= 11 is 0. The molecule has 23 heavy (non-hydrogen) atoms. The minimum absolute atomic E-state index is 0.264. The van der Waals surface area contributed by atoms with Gasteiger partial charge in [-0.2, -0.15) is 0 Å². The highest BCUT2D eigenvalue weighted by Crippen LogP contribution is 2.39. The van der Waals surface area contributed by atoms with Gasteiger partial charge in [0.1, 0.15) is 0 Å². The highest BCUT2D eigenvalue weighted by Gasteiger charge is 2.43. The molecule has 1 saturated heterocycles. The summed E-state index contributed by atoms with van der Waals surface area (Å²) in [5.41, 5.74) is 2.04. The molecular weight excluding hydrogens is 288 g/mol. The monoisotopic (exact) mass is 318 g/mol. The van der Waals surface area contributed by atoms with Gasteiger partial charge in [0.25, 0.3) is 0 Å². The Bertz CT molecular complexity index is 546. The van der Waals surface area contributed by atoms with E-state index in [-0.39, 0.29) is 5.91 Å². The molecule has 128 valence electrons. The maximum Gasteiger partial charge on any atom is 0.222 e. The number of nitrogens with zero attached hydrogens (tertiary/aromatic N) is 2. The third kappa shape index (κ3) is 3.47. The van der Waals surface area contributed by atoms with Gasteiger partial charge in [-0.1, -0.05) is 12.8 Å². The molecule has 1 N–H and O–H groups in total. The van der Waals surface area contributed by atoms with E-state index >= 15 is 0 Å². The quantitative estimate of drug-likeness (QED) is 0.927. The van der Waals surface area contributed by atoms with E-state index in [4.69, 9.17) is 0 Å². The average molecular weight is 318 g/mol. The Hall–Kier alpha value is -1.29. The number of aliphatic hydroxyl groups is 1. The number of piperidine rings is 1. The number of carbonyl (C=O) groups excluding carboxylic acids is 1. The Balaban J connectivity index is 1.49. The number of carbonyl (C=O) groups is 1. The number of aryl methyl sites for hydroxylation is 2. The lowest BCUT2D eigenvalue weighted by Gasteiger charge is -2.47. The molecule has 1 aliphatic heterocycles. The van der Waals surface area contributed by atoms with Gasteiger partial charge in [0.2, 0.25) is 5.91 Å². The van der Waals surface area contributed by atoms with Crippen molar-refractivity contribution in [2.24, 2.45) is 5.92 Å². The molecule has 1 aromatic rings. The highest BCUT2D eigenvalue weighted by molar-refractivity contribution is 5.76. The van der Waals surface area contributed by atoms with Gasteiger partial charge >= 0.3 is 0 Å². The van der Waals surface area contributed by atoms with E-state index in [0.29, 0.717) is 12.3 Å². The molecule has 4 heteroatoms. The molecule has 2 aliphatic rings. The fourth-order valence-corrected chi connectivity index (χ4v) is 4.40. The number of hydrogen-bond acceptors (Lipinski definition) is 2. The lowest BCUT2D eigenvalue weighted by molar-refractivity contribution is -0.143. The van der Waals surface area contributed by atoms with Crippen molar-refractivity contribution >= 4 is 5.91 Å². The van der Waals surface area contributed by atoms with Crippen molar-refractivity contribution in [3.05, 3.63) is 23.5 Å². The van der Waals surface area contributed by atoms with Crippen molar-refractivity contribution in [3.8, 4) is 0 Å². The van der Waals surface area contributed by atoms with Crippen LogP contribution in [0.3, 0.4) is 0 Å². The molecule has 1 aliphatic carbocycles. The molecule has 0 spiro atoms. The second kappa shape index (κ2) is 6.68. The molecule has 0 aromatic carbocycles. The maximum atomic E-state index is 12.5. The average Bonchev–Trinajstić information content (AvgIpc) is 2.85. The number of rotatable bonds is 4. The number of fused-ring (bicyclic) bond motifs is 1. The first kappa shape index (κ1) is 16.6. The summed E-state index contributed by atoms with van der Waals surface area (Å²) in [5, 5.41) is 10.7. The van der Waals surface area contributed by atoms with Gasteiger partial charge in [0.15, 0.2) is 0 Å². The minimum atomic E-state index is -0.492. The summed E-state index contributed by atoms with van der Waals surface area (Å²) in [5.74, 6) is 0.558. The van der Waals surface area contributed by atoms with Crippen LogP contribution < -0.4 is 0 Å². The number of likely N-dealkylation sites (tertiary alicyclic amines) is 1. The van der Waals surface area contributed by atoms with Crippen LogP contribution in [0.2, 0.25) is 0 Å². The minimum Gasteiger partial charge on any atom is -0.389 e. The van der Waals surface area contributed by atoms with Crippen molar-refractivity contribution < 1.29 is 9.90 Å². The van der Waals surface area contributed by atoms with Crippen LogP contribution in [-0.2, 0) is 11.3 Å². The highest BCUT2D eigenvalue weighted by atomic mass is 16.3. The van der Waals surface area contributed by atoms with E-state index in [9.17, 15) is 9.90 Å². The lowest BCUT2D eigenvalue weighted by atomic mass is 9.71. The standard InChI is InChI=1S/C19H30N2O2/c1-15-8-9-16(2)21(15)12-5-7-18(22)20-13-11-19(23)10-4-3-6-17(19)14-20/h8-9,17,23H,3-7,10-14H2,1-2H3/t17-,19-/m1/s1. The Morgan fingerprint density at radius 3 is 2.74 bits per heavy atom. The molecule has 2 heterocycles. The topological polar surface area (TPSA) is 45.5 Å². The number of amides is 1. The number of hydrogen-bond donors (Lipinski definition) is 1. The van der Waals surface area contributed by atoms with Crippen LogP contribution in [0.4, 0.5) is 0 Å². The molecule has 0 bridgehead atoms. The largest absolute Gasteiger partial charge is 0.389 e. The van der Waals surface area contributed by atoms with E-state index in [0.717, 1.165) is 51.7 Å². The van der Waals surface area contributed by atoms with Crippen LogP contribution >= 0.6 is 0 Å². The van der Waals surface area contributed by atoms with E-state index in [1.807, 2.05) is 4.90 Å². The summed E-state index contributed by atoms with van der Waals surface area (Å²) in [7, 11) is 0. The van der Waals surface area contributed by atoms with Gasteiger partial charge in [0, 0.05) is 43.4 Å². The van der Waals surface area contributed by atoms with Crippen LogP contribution in [0.5, 0.6) is 0 Å². The Labute approximate surface area is 139 Å². The summed E-state index contributed by atoms with van der Waals surface area (Å²) in [4.78, 5) is 14.5. The van der Waals surface area contributed by atoms with Gasteiger partial charge in [-0.05, 0) is 51.7 Å². The van der Waals surface area contributed by atoms with E-state index in [2.05, 4.69) is 30.5 Å². The molecule has 1 aromatic heterocycles. The van der Waals surface area contributed by atoms with Crippen LogP contribution in [0.15, 0.2) is 12.1 Å². The first-order valence-corrected chi connectivity index (χ1v) is 9.12. The zero-order chi connectivity index (χ0) is 16.4. The summed E-state index contributed by atoms with van der Waals surface area (Å²) in [6.45, 7) is 6.63. The molecule has 2 fully saturated rings. The molecule has 0 unspecified atom stereocenters. The smallest absolute Gasteiger partial charge is 0.222 e. The van der Waals surface area contributed by atoms with Crippen molar-refractivity contribution in [1.82, 2.24) is 9.47 Å². The fourth-order valence-electron chi connectivity index (χ4n) is 4.40. The fraction of sp³-hybridized carbons (Fsp3) is 0.737. The second-order valence-electron chi connectivity index (χ2n) is 7.51. The van der Waals surface area contributed by atoms with Gasteiger partial charge < -0.3 is 14.6 Å². The third-order valence-corrected chi connectivity index (χ3v) is 5.97. The van der Waals surface area contributed by atoms with Gasteiger partial charge in [-0.3, -0.25) is 4.79 Å². The van der Waals surface area contributed by atoms with Crippen molar-refractivity contribution in [2.75, 3.05) is 13.1 Å².